The maximum absolute atomic E-state index is 12.8. The molecule has 2 atom stereocenters. The number of benzene rings is 1. The second-order valence-corrected chi connectivity index (χ2v) is 8.86. The van der Waals surface area contributed by atoms with Gasteiger partial charge in [-0.2, -0.15) is 5.10 Å². The molecule has 1 aliphatic rings. The van der Waals surface area contributed by atoms with Gasteiger partial charge in [0.25, 0.3) is 0 Å². The lowest BCUT2D eigenvalue weighted by Crippen LogP contribution is -2.22. The van der Waals surface area contributed by atoms with Gasteiger partial charge in [-0.15, -0.1) is 39.8 Å². The highest BCUT2D eigenvalue weighted by atomic mass is 32.1. The highest BCUT2D eigenvalue weighted by molar-refractivity contribution is 7.11. The number of alkyl halides is 3. The Balaban J connectivity index is 1.35. The number of anilines is 1. The van der Waals surface area contributed by atoms with Crippen LogP contribution in [0.25, 0.3) is 0 Å². The van der Waals surface area contributed by atoms with Crippen LogP contribution in [0.5, 0.6) is 5.75 Å². The molecule has 1 saturated heterocycles. The third kappa shape index (κ3) is 6.23. The predicted octanol–water partition coefficient (Wildman–Crippen LogP) is 3.19. The average molecular weight is 494 g/mol. The molecule has 3 heterocycles. The van der Waals surface area contributed by atoms with E-state index in [4.69, 9.17) is 4.74 Å². The fourth-order valence-electron chi connectivity index (χ4n) is 3.83. The maximum atomic E-state index is 12.8. The van der Waals surface area contributed by atoms with Crippen molar-refractivity contribution in [2.24, 2.45) is 5.92 Å². The number of ether oxygens (including phenoxy) is 2. The minimum absolute atomic E-state index is 0.0408. The number of aromatic nitrogens is 5. The van der Waals surface area contributed by atoms with Crippen molar-refractivity contribution in [1.82, 2.24) is 25.4 Å². The summed E-state index contributed by atoms with van der Waals surface area (Å²) in [4.78, 5) is 19.1. The minimum atomic E-state index is -4.82. The van der Waals surface area contributed by atoms with Crippen LogP contribution in [0.1, 0.15) is 28.1 Å². The highest BCUT2D eigenvalue weighted by Crippen LogP contribution is 2.29. The van der Waals surface area contributed by atoms with Gasteiger partial charge in [0.2, 0.25) is 5.95 Å². The van der Waals surface area contributed by atoms with E-state index >= 15 is 0 Å². The molecule has 0 radical (unpaired) electrons. The molecule has 0 unspecified atom stereocenters. The predicted molar refractivity (Wildman–Crippen MR) is 115 cm³/mol. The van der Waals surface area contributed by atoms with Crippen molar-refractivity contribution < 1.29 is 27.4 Å². The Morgan fingerprint density at radius 2 is 2.06 bits per heavy atom. The monoisotopic (exact) mass is 494 g/mol. The third-order valence-corrected chi connectivity index (χ3v) is 6.20. The Morgan fingerprint density at radius 3 is 2.79 bits per heavy atom. The zero-order valence-corrected chi connectivity index (χ0v) is 18.9. The molecule has 3 aromatic rings. The number of carbonyl (C=O) groups excluding carboxylic acids is 1. The van der Waals surface area contributed by atoms with Gasteiger partial charge < -0.3 is 14.4 Å². The van der Waals surface area contributed by atoms with Crippen LogP contribution >= 0.6 is 11.3 Å². The van der Waals surface area contributed by atoms with Crippen LogP contribution in [-0.4, -0.2) is 57.7 Å². The lowest BCUT2D eigenvalue weighted by atomic mass is 10.0. The van der Waals surface area contributed by atoms with Crippen LogP contribution in [0.15, 0.2) is 36.7 Å². The lowest BCUT2D eigenvalue weighted by Gasteiger charge is -2.16. The summed E-state index contributed by atoms with van der Waals surface area (Å²) in [6, 6.07) is 5.19. The van der Waals surface area contributed by atoms with Crippen molar-refractivity contribution in [1.29, 1.82) is 0 Å². The first kappa shape index (κ1) is 24.0. The van der Waals surface area contributed by atoms with E-state index in [1.165, 1.54) is 36.8 Å². The fraction of sp³-hybridized carbons (Fsp3) is 0.429. The zero-order valence-electron chi connectivity index (χ0n) is 18.1. The summed E-state index contributed by atoms with van der Waals surface area (Å²) >= 11 is 1.35. The summed E-state index contributed by atoms with van der Waals surface area (Å²) in [7, 11) is 1.32. The molecule has 0 saturated carbocycles. The zero-order chi connectivity index (χ0) is 24.1. The standard InChI is InChI=1S/C21H21F3N6O3S/c1-32-19(14-3-2-4-15(10-14)33-21(22,23)24)16(31)11-18-28-27-17(34-18)9-13-5-8-30(12-13)20-25-6-7-26-29-20/h2-4,6-7,10,13,19H,5,8-9,11-12H2,1H3/t13-,19-/m0/s1. The molecule has 1 fully saturated rings. The molecule has 180 valence electrons. The number of Topliss-reactive ketones (excluding diaryl/α,β-unsaturated/α-hetero) is 1. The van der Waals surface area contributed by atoms with E-state index in [1.807, 2.05) is 0 Å². The molecule has 34 heavy (non-hydrogen) atoms. The van der Waals surface area contributed by atoms with Crippen molar-refractivity contribution in [3.05, 3.63) is 52.2 Å². The van der Waals surface area contributed by atoms with E-state index in [0.29, 0.717) is 23.3 Å². The summed E-state index contributed by atoms with van der Waals surface area (Å²) in [5.74, 6) is 0.197. The van der Waals surface area contributed by atoms with Crippen LogP contribution in [0.3, 0.4) is 0 Å². The Kier molecular flexibility index (Phi) is 7.32. The van der Waals surface area contributed by atoms with Gasteiger partial charge in [-0.3, -0.25) is 4.79 Å². The minimum Gasteiger partial charge on any atom is -0.406 e. The van der Waals surface area contributed by atoms with E-state index < -0.39 is 18.2 Å². The Labute approximate surface area is 197 Å². The molecule has 2 aromatic heterocycles. The van der Waals surface area contributed by atoms with Gasteiger partial charge in [0.15, 0.2) is 5.78 Å². The van der Waals surface area contributed by atoms with E-state index in [-0.39, 0.29) is 17.8 Å². The van der Waals surface area contributed by atoms with Crippen molar-refractivity contribution in [3.63, 3.8) is 0 Å². The normalized spacial score (nSPS) is 17.1. The molecule has 9 nitrogen and oxygen atoms in total. The topological polar surface area (TPSA) is 103 Å². The van der Waals surface area contributed by atoms with Crippen molar-refractivity contribution in [3.8, 4) is 5.75 Å². The summed E-state index contributed by atoms with van der Waals surface area (Å²) in [6.07, 6.45) is -1.11. The smallest absolute Gasteiger partial charge is 0.406 e. The van der Waals surface area contributed by atoms with Gasteiger partial charge in [0.05, 0.1) is 18.8 Å². The summed E-state index contributed by atoms with van der Waals surface area (Å²) < 4.78 is 46.7. The second kappa shape index (κ2) is 10.4. The van der Waals surface area contributed by atoms with Crippen molar-refractivity contribution >= 4 is 23.1 Å². The Bertz CT molecular complexity index is 1110. The number of ketones is 1. The average Bonchev–Trinajstić information content (AvgIpc) is 3.44. The molecular weight excluding hydrogens is 473 g/mol. The number of hydrogen-bond acceptors (Lipinski definition) is 10. The largest absolute Gasteiger partial charge is 0.573 e. The summed E-state index contributed by atoms with van der Waals surface area (Å²) in [5.41, 5.74) is 0.266. The molecule has 0 spiro atoms. The molecular formula is C21H21F3N6O3S. The van der Waals surface area contributed by atoms with Crippen molar-refractivity contribution in [2.75, 3.05) is 25.1 Å². The van der Waals surface area contributed by atoms with E-state index in [1.54, 1.807) is 6.20 Å². The number of nitrogens with zero attached hydrogens (tertiary/aromatic N) is 6. The summed E-state index contributed by atoms with van der Waals surface area (Å²) in [6.45, 7) is 1.61. The second-order valence-electron chi connectivity index (χ2n) is 7.72. The molecule has 1 aliphatic heterocycles. The maximum Gasteiger partial charge on any atom is 0.573 e. The Hall–Kier alpha value is -3.19. The van der Waals surface area contributed by atoms with Gasteiger partial charge in [0.1, 0.15) is 21.9 Å². The molecule has 4 rings (SSSR count). The number of hydrogen-bond donors (Lipinski definition) is 0. The van der Waals surface area contributed by atoms with Crippen LogP contribution in [0, 0.1) is 5.92 Å². The van der Waals surface area contributed by atoms with E-state index in [0.717, 1.165) is 36.7 Å². The van der Waals surface area contributed by atoms with Crippen molar-refractivity contribution in [2.45, 2.75) is 31.7 Å². The first-order chi connectivity index (χ1) is 16.3. The quantitative estimate of drug-likeness (QED) is 0.444. The number of methoxy groups -OCH3 is 1. The molecule has 0 amide bonds. The molecule has 0 N–H and O–H groups in total. The van der Waals surface area contributed by atoms with Gasteiger partial charge >= 0.3 is 6.36 Å². The van der Waals surface area contributed by atoms with Crippen LogP contribution in [0.2, 0.25) is 0 Å². The van der Waals surface area contributed by atoms with Crippen LogP contribution in [0.4, 0.5) is 19.1 Å². The fourth-order valence-corrected chi connectivity index (χ4v) is 4.79. The lowest BCUT2D eigenvalue weighted by molar-refractivity contribution is -0.274. The van der Waals surface area contributed by atoms with Crippen LogP contribution in [-0.2, 0) is 22.4 Å². The molecule has 1 aromatic carbocycles. The number of rotatable bonds is 9. The molecule has 13 heteroatoms. The number of halogens is 3. The molecule has 0 aliphatic carbocycles. The van der Waals surface area contributed by atoms with Gasteiger partial charge in [-0.25, -0.2) is 4.98 Å². The molecule has 0 bridgehead atoms. The Morgan fingerprint density at radius 1 is 1.24 bits per heavy atom. The third-order valence-electron chi connectivity index (χ3n) is 5.26. The SMILES string of the molecule is CO[C@H](C(=O)Cc1nnc(C[C@@H]2CCN(c3nccnn3)C2)s1)c1cccc(OC(F)(F)F)c1. The van der Waals surface area contributed by atoms with E-state index in [2.05, 4.69) is 35.0 Å². The van der Waals surface area contributed by atoms with Gasteiger partial charge in [-0.1, -0.05) is 12.1 Å². The van der Waals surface area contributed by atoms with Gasteiger partial charge in [0, 0.05) is 26.6 Å². The highest BCUT2D eigenvalue weighted by Gasteiger charge is 2.32. The van der Waals surface area contributed by atoms with E-state index in [9.17, 15) is 18.0 Å². The first-order valence-corrected chi connectivity index (χ1v) is 11.2. The van der Waals surface area contributed by atoms with Crippen LogP contribution < -0.4 is 9.64 Å². The number of carbonyl (C=O) groups is 1. The first-order valence-electron chi connectivity index (χ1n) is 10.4. The summed E-state index contributed by atoms with van der Waals surface area (Å²) in [5, 5.41) is 17.6. The van der Waals surface area contributed by atoms with Gasteiger partial charge in [-0.05, 0) is 30.0 Å².